The third-order valence-electron chi connectivity index (χ3n) is 2.23. The van der Waals surface area contributed by atoms with E-state index >= 15 is 0 Å². The maximum atomic E-state index is 11.7. The van der Waals surface area contributed by atoms with Crippen LogP contribution in [-0.4, -0.2) is 23.5 Å². The number of carbonyl (C=O) groups is 2. The molecule has 108 valence electrons. The van der Waals surface area contributed by atoms with E-state index < -0.39 is 11.7 Å². The SMILES string of the molecule is C=CC=C(C)CC(CC(C)=O)NC(=O)OC(C)(C)C. The Bertz CT molecular complexity index is 364. The van der Waals surface area contributed by atoms with Crippen LogP contribution in [0.5, 0.6) is 0 Å². The Morgan fingerprint density at radius 1 is 1.26 bits per heavy atom. The van der Waals surface area contributed by atoms with Gasteiger partial charge in [-0.25, -0.2) is 4.79 Å². The highest BCUT2D eigenvalue weighted by Gasteiger charge is 2.20. The lowest BCUT2D eigenvalue weighted by atomic mass is 10.0. The van der Waals surface area contributed by atoms with Gasteiger partial charge in [-0.05, 0) is 41.0 Å². The first-order valence-corrected chi connectivity index (χ1v) is 6.41. The minimum Gasteiger partial charge on any atom is -0.444 e. The van der Waals surface area contributed by atoms with Crippen molar-refractivity contribution in [3.8, 4) is 0 Å². The zero-order valence-electron chi connectivity index (χ0n) is 12.6. The molecule has 1 amide bonds. The Labute approximate surface area is 115 Å². The van der Waals surface area contributed by atoms with Crippen LogP contribution in [0.2, 0.25) is 0 Å². The summed E-state index contributed by atoms with van der Waals surface area (Å²) < 4.78 is 5.19. The standard InChI is InChI=1S/C15H25NO3/c1-7-8-11(2)9-13(10-12(3)17)16-14(18)19-15(4,5)6/h7-8,13H,1,9-10H2,2-6H3,(H,16,18). The Hall–Kier alpha value is -1.58. The van der Waals surface area contributed by atoms with Crippen LogP contribution in [0.25, 0.3) is 0 Å². The smallest absolute Gasteiger partial charge is 0.407 e. The van der Waals surface area contributed by atoms with Crippen LogP contribution in [0.3, 0.4) is 0 Å². The number of hydrogen-bond donors (Lipinski definition) is 1. The second-order valence-electron chi connectivity index (χ2n) is 5.70. The Morgan fingerprint density at radius 3 is 2.26 bits per heavy atom. The lowest BCUT2D eigenvalue weighted by Crippen LogP contribution is -2.40. The van der Waals surface area contributed by atoms with Gasteiger partial charge in [-0.3, -0.25) is 4.79 Å². The molecule has 0 saturated carbocycles. The largest absolute Gasteiger partial charge is 0.444 e. The first kappa shape index (κ1) is 17.4. The molecular weight excluding hydrogens is 242 g/mol. The van der Waals surface area contributed by atoms with Crippen LogP contribution in [-0.2, 0) is 9.53 Å². The van der Waals surface area contributed by atoms with E-state index in [1.54, 1.807) is 26.8 Å². The highest BCUT2D eigenvalue weighted by Crippen LogP contribution is 2.11. The summed E-state index contributed by atoms with van der Waals surface area (Å²) in [6, 6.07) is -0.247. The minimum absolute atomic E-state index is 0.0347. The maximum absolute atomic E-state index is 11.7. The van der Waals surface area contributed by atoms with E-state index in [0.717, 1.165) is 5.57 Å². The van der Waals surface area contributed by atoms with E-state index in [1.807, 2.05) is 13.0 Å². The predicted octanol–water partition coefficient (Wildman–Crippen LogP) is 3.38. The predicted molar refractivity (Wildman–Crippen MR) is 77.0 cm³/mol. The summed E-state index contributed by atoms with van der Waals surface area (Å²) in [6.45, 7) is 12.5. The van der Waals surface area contributed by atoms with Gasteiger partial charge in [-0.2, -0.15) is 0 Å². The quantitative estimate of drug-likeness (QED) is 0.751. The molecular formula is C15H25NO3. The lowest BCUT2D eigenvalue weighted by molar-refractivity contribution is -0.117. The van der Waals surface area contributed by atoms with Crippen molar-refractivity contribution in [2.24, 2.45) is 0 Å². The van der Waals surface area contributed by atoms with Crippen LogP contribution < -0.4 is 5.32 Å². The first-order chi connectivity index (χ1) is 8.64. The number of amides is 1. The normalized spacial score (nSPS) is 13.6. The monoisotopic (exact) mass is 267 g/mol. The molecule has 0 aliphatic rings. The van der Waals surface area contributed by atoms with Gasteiger partial charge < -0.3 is 10.1 Å². The molecule has 0 aliphatic carbocycles. The van der Waals surface area contributed by atoms with Crippen molar-refractivity contribution in [2.45, 2.75) is 59.1 Å². The summed E-state index contributed by atoms with van der Waals surface area (Å²) in [5, 5.41) is 2.74. The number of ether oxygens (including phenoxy) is 1. The Morgan fingerprint density at radius 2 is 1.84 bits per heavy atom. The maximum Gasteiger partial charge on any atom is 0.407 e. The first-order valence-electron chi connectivity index (χ1n) is 6.41. The summed E-state index contributed by atoms with van der Waals surface area (Å²) in [5.74, 6) is 0.0347. The molecule has 0 bridgehead atoms. The number of allylic oxidation sites excluding steroid dienone is 2. The fourth-order valence-electron chi connectivity index (χ4n) is 1.65. The molecule has 0 aromatic carbocycles. The molecule has 0 saturated heterocycles. The van der Waals surface area contributed by atoms with Crippen molar-refractivity contribution in [3.63, 3.8) is 0 Å². The van der Waals surface area contributed by atoms with Gasteiger partial charge in [0.1, 0.15) is 11.4 Å². The van der Waals surface area contributed by atoms with Crippen molar-refractivity contribution in [3.05, 3.63) is 24.3 Å². The van der Waals surface area contributed by atoms with Crippen LogP contribution in [0, 0.1) is 0 Å². The average Bonchev–Trinajstić information content (AvgIpc) is 2.12. The number of ketones is 1. The van der Waals surface area contributed by atoms with E-state index in [4.69, 9.17) is 4.74 Å². The van der Waals surface area contributed by atoms with Crippen molar-refractivity contribution in [1.82, 2.24) is 5.32 Å². The molecule has 0 heterocycles. The minimum atomic E-state index is -0.545. The second-order valence-corrected chi connectivity index (χ2v) is 5.70. The highest BCUT2D eigenvalue weighted by molar-refractivity contribution is 5.77. The van der Waals surface area contributed by atoms with Gasteiger partial charge in [0.15, 0.2) is 0 Å². The van der Waals surface area contributed by atoms with Crippen LogP contribution in [0.4, 0.5) is 4.79 Å². The molecule has 1 atom stereocenters. The molecule has 0 radical (unpaired) electrons. The van der Waals surface area contributed by atoms with Gasteiger partial charge in [0.25, 0.3) is 0 Å². The number of hydrogen-bond acceptors (Lipinski definition) is 3. The van der Waals surface area contributed by atoms with Gasteiger partial charge in [0, 0.05) is 12.5 Å². The summed E-state index contributed by atoms with van der Waals surface area (Å²) in [6.07, 6.45) is 3.95. The number of rotatable bonds is 6. The molecule has 0 aromatic rings. The van der Waals surface area contributed by atoms with Crippen LogP contribution >= 0.6 is 0 Å². The zero-order chi connectivity index (χ0) is 15.1. The molecule has 0 aliphatic heterocycles. The highest BCUT2D eigenvalue weighted by atomic mass is 16.6. The fraction of sp³-hybridized carbons (Fsp3) is 0.600. The Balaban J connectivity index is 4.59. The molecule has 1 N–H and O–H groups in total. The number of carbonyl (C=O) groups excluding carboxylic acids is 2. The van der Waals surface area contributed by atoms with Crippen molar-refractivity contribution in [1.29, 1.82) is 0 Å². The van der Waals surface area contributed by atoms with Gasteiger partial charge in [0.2, 0.25) is 0 Å². The van der Waals surface area contributed by atoms with Crippen molar-refractivity contribution < 1.29 is 14.3 Å². The Kier molecular flexibility index (Phi) is 7.12. The van der Waals surface area contributed by atoms with Crippen LogP contribution in [0.1, 0.15) is 47.5 Å². The third-order valence-corrected chi connectivity index (χ3v) is 2.23. The average molecular weight is 267 g/mol. The number of nitrogens with one attached hydrogen (secondary N) is 1. The van der Waals surface area contributed by atoms with Gasteiger partial charge in [-0.15, -0.1) is 0 Å². The van der Waals surface area contributed by atoms with E-state index in [1.165, 1.54) is 6.92 Å². The molecule has 0 spiro atoms. The molecule has 19 heavy (non-hydrogen) atoms. The summed E-state index contributed by atoms with van der Waals surface area (Å²) in [7, 11) is 0. The van der Waals surface area contributed by atoms with Gasteiger partial charge in [0.05, 0.1) is 0 Å². The zero-order valence-corrected chi connectivity index (χ0v) is 12.6. The lowest BCUT2D eigenvalue weighted by Gasteiger charge is -2.23. The van der Waals surface area contributed by atoms with E-state index in [9.17, 15) is 9.59 Å². The molecule has 4 heteroatoms. The van der Waals surface area contributed by atoms with E-state index in [-0.39, 0.29) is 11.8 Å². The summed E-state index contributed by atoms with van der Waals surface area (Å²) in [4.78, 5) is 22.9. The van der Waals surface area contributed by atoms with Gasteiger partial charge >= 0.3 is 6.09 Å². The third kappa shape index (κ3) is 10.1. The fourth-order valence-corrected chi connectivity index (χ4v) is 1.65. The second kappa shape index (κ2) is 7.77. The molecule has 0 aromatic heterocycles. The summed E-state index contributed by atoms with van der Waals surface area (Å²) in [5.41, 5.74) is 0.508. The summed E-state index contributed by atoms with van der Waals surface area (Å²) >= 11 is 0. The molecule has 0 rings (SSSR count). The number of Topliss-reactive ketones (excluding diaryl/α,β-unsaturated/α-hetero) is 1. The molecule has 1 unspecified atom stereocenters. The van der Waals surface area contributed by atoms with Crippen LogP contribution in [0.15, 0.2) is 24.3 Å². The molecule has 0 fully saturated rings. The topological polar surface area (TPSA) is 55.4 Å². The van der Waals surface area contributed by atoms with Gasteiger partial charge in [-0.1, -0.05) is 24.3 Å². The van der Waals surface area contributed by atoms with Crippen molar-refractivity contribution in [2.75, 3.05) is 0 Å². The van der Waals surface area contributed by atoms with E-state index in [2.05, 4.69) is 11.9 Å². The molecule has 4 nitrogen and oxygen atoms in total. The number of alkyl carbamates (subject to hydrolysis) is 1. The van der Waals surface area contributed by atoms with E-state index in [0.29, 0.717) is 12.8 Å². The van der Waals surface area contributed by atoms with Crippen molar-refractivity contribution >= 4 is 11.9 Å².